The number of benzene rings is 2. The van der Waals surface area contributed by atoms with Crippen LogP contribution in [0.4, 0.5) is 0 Å². The van der Waals surface area contributed by atoms with Crippen LogP contribution in [0.3, 0.4) is 0 Å². The summed E-state index contributed by atoms with van der Waals surface area (Å²) >= 11 is 0. The van der Waals surface area contributed by atoms with Gasteiger partial charge in [0, 0.05) is 16.7 Å². The molecule has 0 radical (unpaired) electrons. The van der Waals surface area contributed by atoms with E-state index in [9.17, 15) is 0 Å². The first-order valence-corrected chi connectivity index (χ1v) is 7.64. The second kappa shape index (κ2) is 7.29. The number of hydrogen-bond donors (Lipinski definition) is 0. The smallest absolute Gasteiger partial charge is 0.164 e. The molecule has 0 spiro atoms. The minimum absolute atomic E-state index is 0.581. The van der Waals surface area contributed by atoms with E-state index in [0.717, 1.165) is 16.7 Å². The van der Waals surface area contributed by atoms with E-state index >= 15 is 0 Å². The number of hydrogen-bond acceptors (Lipinski definition) is 3. The van der Waals surface area contributed by atoms with Crippen LogP contribution in [0.15, 0.2) is 92.0 Å². The molecule has 0 bridgehead atoms. The first kappa shape index (κ1) is 15.6. The molecule has 0 amide bonds. The summed E-state index contributed by atoms with van der Waals surface area (Å²) in [6.07, 6.45) is 5.26. The Labute approximate surface area is 141 Å². The Morgan fingerprint density at radius 3 is 1.62 bits per heavy atom. The maximum Gasteiger partial charge on any atom is 0.164 e. The number of allylic oxidation sites excluding steroid dienone is 4. The molecule has 0 atom stereocenters. The van der Waals surface area contributed by atoms with Crippen LogP contribution in [0.25, 0.3) is 28.3 Å². The molecule has 1 aromatic heterocycles. The van der Waals surface area contributed by atoms with Crippen LogP contribution in [-0.2, 0) is 0 Å². The molecule has 0 saturated carbocycles. The van der Waals surface area contributed by atoms with Crippen molar-refractivity contribution >= 4 is 5.57 Å². The zero-order valence-electron chi connectivity index (χ0n) is 13.3. The lowest BCUT2D eigenvalue weighted by Gasteiger charge is -2.08. The van der Waals surface area contributed by atoms with Crippen LogP contribution >= 0.6 is 0 Å². The monoisotopic (exact) mass is 311 g/mol. The van der Waals surface area contributed by atoms with Gasteiger partial charge in [-0.1, -0.05) is 92.0 Å². The predicted molar refractivity (Wildman–Crippen MR) is 99.1 cm³/mol. The van der Waals surface area contributed by atoms with E-state index in [1.807, 2.05) is 66.7 Å². The lowest BCUT2D eigenvalue weighted by molar-refractivity contribution is 1.04. The van der Waals surface area contributed by atoms with Crippen molar-refractivity contribution in [1.82, 2.24) is 15.0 Å². The van der Waals surface area contributed by atoms with Crippen molar-refractivity contribution in [3.8, 4) is 22.8 Å². The third-order valence-electron chi connectivity index (χ3n) is 3.47. The first-order chi connectivity index (χ1) is 11.8. The lowest BCUT2D eigenvalue weighted by Crippen LogP contribution is -2.02. The molecule has 0 N–H and O–H groups in total. The van der Waals surface area contributed by atoms with Gasteiger partial charge in [0.1, 0.15) is 0 Å². The van der Waals surface area contributed by atoms with Crippen molar-refractivity contribution in [2.75, 3.05) is 0 Å². The molecule has 3 heteroatoms. The quantitative estimate of drug-likeness (QED) is 0.625. The molecule has 2 aromatic carbocycles. The van der Waals surface area contributed by atoms with Gasteiger partial charge in [0.05, 0.1) is 0 Å². The fourth-order valence-electron chi connectivity index (χ4n) is 2.30. The summed E-state index contributed by atoms with van der Waals surface area (Å²) in [5, 5.41) is 0. The van der Waals surface area contributed by atoms with E-state index < -0.39 is 0 Å². The fraction of sp³-hybridized carbons (Fsp3) is 0. The Kier molecular flexibility index (Phi) is 4.73. The Hall–Kier alpha value is -3.33. The van der Waals surface area contributed by atoms with Crippen LogP contribution in [0, 0.1) is 0 Å². The Balaban J connectivity index is 2.21. The highest BCUT2D eigenvalue weighted by Gasteiger charge is 2.11. The maximum atomic E-state index is 4.64. The topological polar surface area (TPSA) is 38.7 Å². The minimum atomic E-state index is 0.581. The molecule has 3 aromatic rings. The van der Waals surface area contributed by atoms with E-state index in [1.165, 1.54) is 0 Å². The third-order valence-corrected chi connectivity index (χ3v) is 3.47. The highest BCUT2D eigenvalue weighted by molar-refractivity contribution is 5.73. The Bertz CT molecular complexity index is 824. The van der Waals surface area contributed by atoms with Gasteiger partial charge in [0.2, 0.25) is 0 Å². The summed E-state index contributed by atoms with van der Waals surface area (Å²) in [4.78, 5) is 13.9. The van der Waals surface area contributed by atoms with Crippen molar-refractivity contribution in [2.45, 2.75) is 0 Å². The van der Waals surface area contributed by atoms with Crippen LogP contribution in [0.5, 0.6) is 0 Å². The second-order valence-corrected chi connectivity index (χ2v) is 5.10. The van der Waals surface area contributed by atoms with E-state index in [0.29, 0.717) is 17.5 Å². The summed E-state index contributed by atoms with van der Waals surface area (Å²) in [7, 11) is 0. The van der Waals surface area contributed by atoms with Gasteiger partial charge in [0.25, 0.3) is 0 Å². The van der Waals surface area contributed by atoms with Gasteiger partial charge in [-0.05, 0) is 0 Å². The molecular formula is C21H17N3. The van der Waals surface area contributed by atoms with E-state index in [2.05, 4.69) is 28.1 Å². The minimum Gasteiger partial charge on any atom is -0.208 e. The summed E-state index contributed by atoms with van der Waals surface area (Å²) < 4.78 is 0. The van der Waals surface area contributed by atoms with Gasteiger partial charge in [-0.25, -0.2) is 15.0 Å². The van der Waals surface area contributed by atoms with E-state index in [-0.39, 0.29) is 0 Å². The van der Waals surface area contributed by atoms with Crippen LogP contribution < -0.4 is 0 Å². The van der Waals surface area contributed by atoms with E-state index in [4.69, 9.17) is 0 Å². The largest absolute Gasteiger partial charge is 0.208 e. The van der Waals surface area contributed by atoms with Crippen LogP contribution in [-0.4, -0.2) is 15.0 Å². The molecule has 0 aliphatic carbocycles. The second-order valence-electron chi connectivity index (χ2n) is 5.10. The van der Waals surface area contributed by atoms with Crippen molar-refractivity contribution in [1.29, 1.82) is 0 Å². The maximum absolute atomic E-state index is 4.64. The molecule has 0 unspecified atom stereocenters. The van der Waals surface area contributed by atoms with Gasteiger partial charge in [-0.3, -0.25) is 0 Å². The highest BCUT2D eigenvalue weighted by atomic mass is 15.0. The van der Waals surface area contributed by atoms with Gasteiger partial charge >= 0.3 is 0 Å². The average molecular weight is 311 g/mol. The number of rotatable bonds is 5. The lowest BCUT2D eigenvalue weighted by atomic mass is 10.1. The van der Waals surface area contributed by atoms with Gasteiger partial charge < -0.3 is 0 Å². The van der Waals surface area contributed by atoms with Crippen molar-refractivity contribution in [2.24, 2.45) is 0 Å². The Morgan fingerprint density at radius 2 is 1.21 bits per heavy atom. The third kappa shape index (κ3) is 3.36. The van der Waals surface area contributed by atoms with Crippen LogP contribution in [0.2, 0.25) is 0 Å². The van der Waals surface area contributed by atoms with Crippen LogP contribution in [0.1, 0.15) is 5.82 Å². The van der Waals surface area contributed by atoms with Crippen molar-refractivity contribution in [3.05, 3.63) is 97.9 Å². The van der Waals surface area contributed by atoms with E-state index in [1.54, 1.807) is 12.2 Å². The molecule has 3 nitrogen and oxygen atoms in total. The molecule has 24 heavy (non-hydrogen) atoms. The van der Waals surface area contributed by atoms with Crippen molar-refractivity contribution < 1.29 is 0 Å². The summed E-state index contributed by atoms with van der Waals surface area (Å²) in [6.45, 7) is 7.58. The van der Waals surface area contributed by atoms with Gasteiger partial charge in [-0.15, -0.1) is 0 Å². The fourth-order valence-corrected chi connectivity index (χ4v) is 2.30. The van der Waals surface area contributed by atoms with Gasteiger partial charge in [0.15, 0.2) is 17.5 Å². The normalized spacial score (nSPS) is 11.1. The standard InChI is InChI=1S/C21H17N3/c1-3-11-16(4-2)19-22-20(17-12-7-5-8-13-17)24-21(23-19)18-14-9-6-10-15-18/h3-15H,1-2H2/b16-11+. The molecular weight excluding hydrogens is 294 g/mol. The molecule has 1 heterocycles. The molecule has 0 aliphatic rings. The molecule has 0 saturated heterocycles. The molecule has 3 rings (SSSR count). The molecule has 0 aliphatic heterocycles. The summed E-state index contributed by atoms with van der Waals surface area (Å²) in [6, 6.07) is 19.7. The predicted octanol–water partition coefficient (Wildman–Crippen LogP) is 4.96. The number of nitrogens with zero attached hydrogens (tertiary/aromatic N) is 3. The molecule has 0 fully saturated rings. The highest BCUT2D eigenvalue weighted by Crippen LogP contribution is 2.22. The SMILES string of the molecule is C=C/C=C(\C=C)c1nc(-c2ccccc2)nc(-c2ccccc2)n1. The van der Waals surface area contributed by atoms with Gasteiger partial charge in [-0.2, -0.15) is 0 Å². The zero-order valence-corrected chi connectivity index (χ0v) is 13.3. The first-order valence-electron chi connectivity index (χ1n) is 7.64. The van der Waals surface area contributed by atoms with Crippen molar-refractivity contribution in [3.63, 3.8) is 0 Å². The molecule has 116 valence electrons. The zero-order chi connectivity index (χ0) is 16.8. The Morgan fingerprint density at radius 1 is 0.708 bits per heavy atom. The summed E-state index contributed by atoms with van der Waals surface area (Å²) in [5.41, 5.74) is 2.70. The summed E-state index contributed by atoms with van der Waals surface area (Å²) in [5.74, 6) is 1.85. The number of aromatic nitrogens is 3. The average Bonchev–Trinajstić information content (AvgIpc) is 2.67.